The highest BCUT2D eigenvalue weighted by atomic mass is 16.5. The monoisotopic (exact) mass is 145 g/mol. The van der Waals surface area contributed by atoms with Crippen molar-refractivity contribution in [3.8, 4) is 0 Å². The van der Waals surface area contributed by atoms with E-state index in [-0.39, 0.29) is 0 Å². The molecule has 2 heteroatoms. The highest BCUT2D eigenvalue weighted by molar-refractivity contribution is 4.42. The summed E-state index contributed by atoms with van der Waals surface area (Å²) < 4.78 is 5.36. The maximum absolute atomic E-state index is 5.36. The Bertz CT molecular complexity index is 64.3. The summed E-state index contributed by atoms with van der Waals surface area (Å²) in [4.78, 5) is 0. The zero-order valence-electron chi connectivity index (χ0n) is 7.31. The van der Waals surface area contributed by atoms with Crippen LogP contribution in [0.3, 0.4) is 0 Å². The predicted molar refractivity (Wildman–Crippen MR) is 44.2 cm³/mol. The smallest absolute Gasteiger partial charge is 0.0489 e. The van der Waals surface area contributed by atoms with Gasteiger partial charge in [0, 0.05) is 13.2 Å². The van der Waals surface area contributed by atoms with Crippen molar-refractivity contribution in [2.24, 2.45) is 5.92 Å². The molecule has 0 aromatic rings. The van der Waals surface area contributed by atoms with E-state index in [1.807, 2.05) is 7.05 Å². The predicted octanol–water partition coefficient (Wildman–Crippen LogP) is 1.27. The summed E-state index contributed by atoms with van der Waals surface area (Å²) in [5.41, 5.74) is 0. The van der Waals surface area contributed by atoms with Crippen molar-refractivity contribution in [2.75, 3.05) is 26.8 Å². The molecule has 0 heterocycles. The molecule has 0 aliphatic rings. The topological polar surface area (TPSA) is 21.3 Å². The molecule has 0 aromatic carbocycles. The van der Waals surface area contributed by atoms with Gasteiger partial charge in [0.25, 0.3) is 0 Å². The standard InChI is InChI=1S/C8H19NO/c1-8(2)7-10-6-4-5-9-3/h8-9H,4-7H2,1-3H3. The number of nitrogens with one attached hydrogen (secondary N) is 1. The lowest BCUT2D eigenvalue weighted by Crippen LogP contribution is -2.11. The van der Waals surface area contributed by atoms with Crippen LogP contribution < -0.4 is 5.32 Å². The fourth-order valence-electron chi connectivity index (χ4n) is 0.670. The third-order valence-corrected chi connectivity index (χ3v) is 1.17. The first-order chi connectivity index (χ1) is 4.77. The Balaban J connectivity index is 2.77. The van der Waals surface area contributed by atoms with Crippen molar-refractivity contribution in [1.82, 2.24) is 5.32 Å². The van der Waals surface area contributed by atoms with Crippen LogP contribution in [0.4, 0.5) is 0 Å². The van der Waals surface area contributed by atoms with Crippen LogP contribution in [0.1, 0.15) is 20.3 Å². The fraction of sp³-hybridized carbons (Fsp3) is 1.00. The second-order valence-electron chi connectivity index (χ2n) is 2.93. The molecular formula is C8H19NO. The number of hydrogen-bond donors (Lipinski definition) is 1. The van der Waals surface area contributed by atoms with Gasteiger partial charge in [-0.15, -0.1) is 0 Å². The number of ether oxygens (including phenoxy) is 1. The molecule has 2 nitrogen and oxygen atoms in total. The van der Waals surface area contributed by atoms with Crippen LogP contribution >= 0.6 is 0 Å². The fourth-order valence-corrected chi connectivity index (χ4v) is 0.670. The lowest BCUT2D eigenvalue weighted by molar-refractivity contribution is 0.108. The van der Waals surface area contributed by atoms with Crippen molar-refractivity contribution >= 4 is 0 Å². The molecule has 0 aromatic heterocycles. The molecule has 10 heavy (non-hydrogen) atoms. The van der Waals surface area contributed by atoms with Crippen LogP contribution in [0.5, 0.6) is 0 Å². The average Bonchev–Trinajstić information content (AvgIpc) is 1.87. The molecule has 0 rings (SSSR count). The van der Waals surface area contributed by atoms with E-state index in [1.165, 1.54) is 0 Å². The third-order valence-electron chi connectivity index (χ3n) is 1.17. The molecule has 0 atom stereocenters. The molecule has 0 radical (unpaired) electrons. The maximum atomic E-state index is 5.36. The Morgan fingerprint density at radius 1 is 1.40 bits per heavy atom. The molecule has 62 valence electrons. The molecule has 0 saturated carbocycles. The average molecular weight is 145 g/mol. The van der Waals surface area contributed by atoms with Crippen LogP contribution in [0.15, 0.2) is 0 Å². The van der Waals surface area contributed by atoms with Crippen molar-refractivity contribution in [1.29, 1.82) is 0 Å². The molecule has 0 spiro atoms. The molecular weight excluding hydrogens is 126 g/mol. The van der Waals surface area contributed by atoms with E-state index < -0.39 is 0 Å². The lowest BCUT2D eigenvalue weighted by atomic mass is 10.2. The summed E-state index contributed by atoms with van der Waals surface area (Å²) in [7, 11) is 1.96. The Kier molecular flexibility index (Phi) is 6.98. The van der Waals surface area contributed by atoms with E-state index in [1.54, 1.807) is 0 Å². The highest BCUT2D eigenvalue weighted by Gasteiger charge is 1.91. The number of rotatable bonds is 6. The highest BCUT2D eigenvalue weighted by Crippen LogP contribution is 1.92. The summed E-state index contributed by atoms with van der Waals surface area (Å²) in [5, 5.41) is 3.08. The third kappa shape index (κ3) is 7.92. The second-order valence-corrected chi connectivity index (χ2v) is 2.93. The molecule has 0 aliphatic heterocycles. The first kappa shape index (κ1) is 9.92. The van der Waals surface area contributed by atoms with Gasteiger partial charge < -0.3 is 10.1 Å². The molecule has 0 amide bonds. The summed E-state index contributed by atoms with van der Waals surface area (Å²) in [6, 6.07) is 0. The molecule has 0 fully saturated rings. The van der Waals surface area contributed by atoms with Crippen LogP contribution in [0, 0.1) is 5.92 Å². The molecule has 0 saturated heterocycles. The maximum Gasteiger partial charge on any atom is 0.0489 e. The van der Waals surface area contributed by atoms with Crippen LogP contribution in [-0.4, -0.2) is 26.8 Å². The van der Waals surface area contributed by atoms with E-state index in [0.717, 1.165) is 26.2 Å². The SMILES string of the molecule is CNCCCOCC(C)C. The molecule has 0 aliphatic carbocycles. The van der Waals surface area contributed by atoms with Gasteiger partial charge in [-0.1, -0.05) is 13.8 Å². The number of hydrogen-bond acceptors (Lipinski definition) is 2. The van der Waals surface area contributed by atoms with Gasteiger partial charge in [0.1, 0.15) is 0 Å². The van der Waals surface area contributed by atoms with Gasteiger partial charge in [-0.2, -0.15) is 0 Å². The molecule has 0 unspecified atom stereocenters. The van der Waals surface area contributed by atoms with Crippen molar-refractivity contribution < 1.29 is 4.74 Å². The quantitative estimate of drug-likeness (QED) is 0.568. The van der Waals surface area contributed by atoms with Gasteiger partial charge in [0.05, 0.1) is 0 Å². The van der Waals surface area contributed by atoms with Crippen LogP contribution in [0.2, 0.25) is 0 Å². The molecule has 1 N–H and O–H groups in total. The zero-order valence-corrected chi connectivity index (χ0v) is 7.31. The minimum atomic E-state index is 0.662. The summed E-state index contributed by atoms with van der Waals surface area (Å²) in [5.74, 6) is 0.662. The van der Waals surface area contributed by atoms with E-state index >= 15 is 0 Å². The Morgan fingerprint density at radius 2 is 2.10 bits per heavy atom. The van der Waals surface area contributed by atoms with Crippen molar-refractivity contribution in [3.05, 3.63) is 0 Å². The van der Waals surface area contributed by atoms with Gasteiger partial charge in [-0.3, -0.25) is 0 Å². The minimum Gasteiger partial charge on any atom is -0.381 e. The van der Waals surface area contributed by atoms with Crippen molar-refractivity contribution in [3.63, 3.8) is 0 Å². The first-order valence-corrected chi connectivity index (χ1v) is 3.99. The lowest BCUT2D eigenvalue weighted by Gasteiger charge is -2.05. The Labute approximate surface area is 64.0 Å². The normalized spacial score (nSPS) is 10.8. The second kappa shape index (κ2) is 7.03. The minimum absolute atomic E-state index is 0.662. The van der Waals surface area contributed by atoms with Crippen LogP contribution in [0.25, 0.3) is 0 Å². The van der Waals surface area contributed by atoms with Gasteiger partial charge in [-0.05, 0) is 25.9 Å². The van der Waals surface area contributed by atoms with Gasteiger partial charge >= 0.3 is 0 Å². The first-order valence-electron chi connectivity index (χ1n) is 3.99. The molecule has 0 bridgehead atoms. The van der Waals surface area contributed by atoms with Gasteiger partial charge in [-0.25, -0.2) is 0 Å². The summed E-state index contributed by atoms with van der Waals surface area (Å²) >= 11 is 0. The Hall–Kier alpha value is -0.0800. The van der Waals surface area contributed by atoms with E-state index in [9.17, 15) is 0 Å². The van der Waals surface area contributed by atoms with Crippen LogP contribution in [-0.2, 0) is 4.74 Å². The van der Waals surface area contributed by atoms with Gasteiger partial charge in [0.15, 0.2) is 0 Å². The zero-order chi connectivity index (χ0) is 7.82. The summed E-state index contributed by atoms with van der Waals surface area (Å²) in [6.45, 7) is 7.16. The summed E-state index contributed by atoms with van der Waals surface area (Å²) in [6.07, 6.45) is 1.11. The largest absolute Gasteiger partial charge is 0.381 e. The van der Waals surface area contributed by atoms with Gasteiger partial charge in [0.2, 0.25) is 0 Å². The van der Waals surface area contributed by atoms with E-state index in [2.05, 4.69) is 19.2 Å². The van der Waals surface area contributed by atoms with E-state index in [4.69, 9.17) is 4.74 Å². The van der Waals surface area contributed by atoms with E-state index in [0.29, 0.717) is 5.92 Å². The Morgan fingerprint density at radius 3 is 2.60 bits per heavy atom. The van der Waals surface area contributed by atoms with Crippen molar-refractivity contribution in [2.45, 2.75) is 20.3 Å².